The third kappa shape index (κ3) is 4.65. The molecule has 11 heteroatoms. The fourth-order valence-electron chi connectivity index (χ4n) is 8.01. The van der Waals surface area contributed by atoms with E-state index in [9.17, 15) is 5.11 Å². The molecule has 0 unspecified atom stereocenters. The molecule has 3 aromatic rings. The molecule has 2 atom stereocenters. The van der Waals surface area contributed by atoms with Crippen molar-refractivity contribution in [2.75, 3.05) is 44.6 Å². The van der Waals surface area contributed by atoms with Crippen molar-refractivity contribution in [3.63, 3.8) is 0 Å². The van der Waals surface area contributed by atoms with E-state index in [1.54, 1.807) is 20.8 Å². The number of fused-ring (bicyclic) bond motifs is 4. The highest BCUT2D eigenvalue weighted by molar-refractivity contribution is 8.12. The smallest absolute Gasteiger partial charge is 0.380 e. The van der Waals surface area contributed by atoms with Gasteiger partial charge in [-0.1, -0.05) is 48.5 Å². The monoisotopic (exact) mass is 740 g/mol. The van der Waals surface area contributed by atoms with Gasteiger partial charge in [0, 0.05) is 55.6 Å². The van der Waals surface area contributed by atoms with E-state index in [1.807, 2.05) is 111 Å². The number of thioether (sulfide) groups is 2. The predicted octanol–water partition coefficient (Wildman–Crippen LogP) is 9.93. The van der Waals surface area contributed by atoms with Gasteiger partial charge in [0.25, 0.3) is 0 Å². The molecule has 1 saturated carbocycles. The first-order valence-corrected chi connectivity index (χ1v) is 18.1. The zero-order valence-corrected chi connectivity index (χ0v) is 30.8. The van der Waals surface area contributed by atoms with E-state index in [-0.39, 0.29) is 17.8 Å². The third-order valence-corrected chi connectivity index (χ3v) is 14.3. The van der Waals surface area contributed by atoms with Gasteiger partial charge in [0.2, 0.25) is 0 Å². The van der Waals surface area contributed by atoms with Crippen molar-refractivity contribution >= 4 is 39.8 Å². The number of aliphatic hydroxyl groups excluding tert-OH is 1. The molecule has 7 rings (SSSR count). The van der Waals surface area contributed by atoms with E-state index in [1.165, 1.54) is 35.7 Å². The van der Waals surface area contributed by atoms with Crippen LogP contribution in [0.1, 0.15) is 43.0 Å². The molecule has 0 saturated heterocycles. The summed E-state index contributed by atoms with van der Waals surface area (Å²) in [5.41, 5.74) is 1.20. The number of allylic oxidation sites excluding steroid dienone is 5. The van der Waals surface area contributed by atoms with Crippen LogP contribution in [0.25, 0.3) is 4.91 Å². The van der Waals surface area contributed by atoms with Gasteiger partial charge in [-0.05, 0) is 95.5 Å². The zero-order valence-electron chi connectivity index (χ0n) is 29.2. The van der Waals surface area contributed by atoms with Gasteiger partial charge in [0.15, 0.2) is 0 Å². The molecule has 1 fully saturated rings. The Balaban J connectivity index is 1.37. The minimum Gasteiger partial charge on any atom is -0.395 e. The van der Waals surface area contributed by atoms with Crippen molar-refractivity contribution < 1.29 is 31.4 Å². The second-order valence-corrected chi connectivity index (χ2v) is 17.5. The van der Waals surface area contributed by atoms with Gasteiger partial charge < -0.3 is 14.9 Å². The van der Waals surface area contributed by atoms with E-state index in [0.717, 1.165) is 28.1 Å². The molecule has 0 aromatic heterocycles. The normalized spacial score (nSPS) is 25.7. The van der Waals surface area contributed by atoms with Crippen molar-refractivity contribution in [2.45, 2.75) is 53.4 Å². The van der Waals surface area contributed by atoms with Crippen molar-refractivity contribution in [2.24, 2.45) is 0 Å². The van der Waals surface area contributed by atoms with Gasteiger partial charge in [-0.3, -0.25) is 0 Å². The van der Waals surface area contributed by atoms with Crippen LogP contribution in [-0.4, -0.2) is 67.2 Å². The van der Waals surface area contributed by atoms with Crippen molar-refractivity contribution in [1.82, 2.24) is 0 Å². The molecule has 0 bridgehead atoms. The number of aliphatic hydroxyl groups is 1. The van der Waals surface area contributed by atoms with Gasteiger partial charge in [0.05, 0.1) is 21.5 Å². The Hall–Kier alpha value is -3.54. The van der Waals surface area contributed by atoms with Crippen molar-refractivity contribution in [3.8, 4) is 0 Å². The average Bonchev–Trinajstić information content (AvgIpc) is 3.64. The molecule has 51 heavy (non-hydrogen) atoms. The summed E-state index contributed by atoms with van der Waals surface area (Å²) < 4.78 is 89.8. The van der Waals surface area contributed by atoms with Crippen LogP contribution in [0.5, 0.6) is 0 Å². The highest BCUT2D eigenvalue weighted by Crippen LogP contribution is 2.74. The number of nitrogens with zero attached hydrogens (tertiary/aromatic N) is 2. The third-order valence-electron chi connectivity index (χ3n) is 11.1. The van der Waals surface area contributed by atoms with E-state index in [4.69, 9.17) is 0 Å². The average molecular weight is 741 g/mol. The first-order valence-electron chi connectivity index (χ1n) is 16.5. The molecule has 268 valence electrons. The van der Waals surface area contributed by atoms with Gasteiger partial charge >= 0.3 is 17.8 Å². The number of alkyl halides is 6. The lowest BCUT2D eigenvalue weighted by Gasteiger charge is -2.47. The SMILES string of the molecule is CC1=CC2=C3C(=C4C=C(c5ccc(C(CO)(c6ccc(N(C)C)cc6)c6ccc(N(C)C)cc6)cc5)S[C@@]4(C)[C@]2(C)S1)C(F)(F)C(F)(F)C3(F)F. The lowest BCUT2D eigenvalue weighted by Crippen LogP contribution is -2.48. The highest BCUT2D eigenvalue weighted by Gasteiger charge is 2.84. The van der Waals surface area contributed by atoms with Gasteiger partial charge in [-0.15, -0.1) is 23.5 Å². The van der Waals surface area contributed by atoms with Crippen LogP contribution in [0.15, 0.2) is 112 Å². The van der Waals surface area contributed by atoms with Crippen LogP contribution in [0.4, 0.5) is 37.7 Å². The molecule has 2 aliphatic heterocycles. The molecule has 1 N–H and O–H groups in total. The Morgan fingerprint density at radius 1 is 0.608 bits per heavy atom. The van der Waals surface area contributed by atoms with Gasteiger partial charge in [-0.2, -0.15) is 26.3 Å². The minimum absolute atomic E-state index is 0.168. The number of halogens is 6. The molecule has 0 amide bonds. The number of hydrogen-bond acceptors (Lipinski definition) is 5. The Morgan fingerprint density at radius 3 is 1.41 bits per heavy atom. The quantitative estimate of drug-likeness (QED) is 0.192. The summed E-state index contributed by atoms with van der Waals surface area (Å²) >= 11 is 2.47. The summed E-state index contributed by atoms with van der Waals surface area (Å²) in [6.07, 6.45) is 2.77. The second kappa shape index (κ2) is 11.5. The topological polar surface area (TPSA) is 26.7 Å². The van der Waals surface area contributed by atoms with Crippen LogP contribution < -0.4 is 9.80 Å². The summed E-state index contributed by atoms with van der Waals surface area (Å²) in [7, 11) is 7.79. The summed E-state index contributed by atoms with van der Waals surface area (Å²) in [5, 5.41) is 11.3. The Labute approximate surface area is 302 Å². The largest absolute Gasteiger partial charge is 0.395 e. The maximum Gasteiger partial charge on any atom is 0.380 e. The first-order chi connectivity index (χ1) is 23.8. The number of anilines is 2. The molecule has 4 aliphatic rings. The van der Waals surface area contributed by atoms with E-state index in [0.29, 0.717) is 15.4 Å². The van der Waals surface area contributed by atoms with Crippen LogP contribution in [0.3, 0.4) is 0 Å². The number of rotatable bonds is 7. The van der Waals surface area contributed by atoms with Crippen LogP contribution >= 0.6 is 23.5 Å². The Kier molecular flexibility index (Phi) is 8.07. The van der Waals surface area contributed by atoms with E-state index >= 15 is 26.3 Å². The van der Waals surface area contributed by atoms with Crippen molar-refractivity contribution in [1.29, 1.82) is 0 Å². The fraction of sp³-hybridized carbons (Fsp3) is 0.350. The predicted molar refractivity (Wildman–Crippen MR) is 198 cm³/mol. The van der Waals surface area contributed by atoms with Gasteiger partial charge in [0.1, 0.15) is 0 Å². The van der Waals surface area contributed by atoms with Crippen LogP contribution in [-0.2, 0) is 5.41 Å². The maximum absolute atomic E-state index is 15.6. The summed E-state index contributed by atoms with van der Waals surface area (Å²) in [5.74, 6) is -15.7. The standard InChI is InChI=1S/C40H38F6N2OS2/c1-23-20-30-33-34(39(43,44)40(45,46)38(33,41)42)31-21-32(51-36(31,3)35(30,2)50-23)24-8-10-25(11-9-24)37(22-49,26-12-16-28(17-13-26)47(4)5)27-14-18-29(19-15-27)48(6)7/h8-21,49H,22H2,1-7H3/t35-,36-/m1/s1. The van der Waals surface area contributed by atoms with E-state index < -0.39 is 43.8 Å². The molecule has 2 aliphatic carbocycles. The molecule has 3 nitrogen and oxygen atoms in total. The number of benzene rings is 3. The molecular formula is C40H38F6N2OS2. The minimum atomic E-state index is -5.59. The van der Waals surface area contributed by atoms with Crippen LogP contribution in [0, 0.1) is 0 Å². The number of hydrogen-bond donors (Lipinski definition) is 1. The first kappa shape index (κ1) is 35.8. The molecule has 0 radical (unpaired) electrons. The molecule has 2 heterocycles. The molecular weight excluding hydrogens is 703 g/mol. The highest BCUT2D eigenvalue weighted by atomic mass is 32.2. The molecule has 0 spiro atoms. The zero-order chi connectivity index (χ0) is 37.1. The maximum atomic E-state index is 15.6. The fourth-order valence-corrected chi connectivity index (χ4v) is 11.1. The van der Waals surface area contributed by atoms with Gasteiger partial charge in [-0.25, -0.2) is 0 Å². The second-order valence-electron chi connectivity index (χ2n) is 14.4. The molecule has 3 aromatic carbocycles. The lowest BCUT2D eigenvalue weighted by atomic mass is 9.69. The summed E-state index contributed by atoms with van der Waals surface area (Å²) in [4.78, 5) is 5.07. The lowest BCUT2D eigenvalue weighted by molar-refractivity contribution is -0.258. The Morgan fingerprint density at radius 2 is 1.00 bits per heavy atom. The van der Waals surface area contributed by atoms with E-state index in [2.05, 4.69) is 0 Å². The summed E-state index contributed by atoms with van der Waals surface area (Å²) in [6.45, 7) is 4.78. The van der Waals surface area contributed by atoms with Crippen LogP contribution in [0.2, 0.25) is 0 Å². The van der Waals surface area contributed by atoms with Crippen molar-refractivity contribution in [3.05, 3.63) is 134 Å². The Bertz CT molecular complexity index is 2000. The summed E-state index contributed by atoms with van der Waals surface area (Å²) in [6, 6.07) is 23.2.